The van der Waals surface area contributed by atoms with Gasteiger partial charge in [0.05, 0.1) is 0 Å². The van der Waals surface area contributed by atoms with Gasteiger partial charge in [-0.3, -0.25) is 19.2 Å². The van der Waals surface area contributed by atoms with Crippen LogP contribution in [-0.2, 0) is 35.2 Å². The van der Waals surface area contributed by atoms with Crippen molar-refractivity contribution in [3.63, 3.8) is 0 Å². The van der Waals surface area contributed by atoms with Crippen LogP contribution in [-0.4, -0.2) is 64.4 Å². The highest BCUT2D eigenvalue weighted by Gasteiger charge is 2.21. The van der Waals surface area contributed by atoms with E-state index in [1.54, 1.807) is 0 Å². The average Bonchev–Trinajstić information content (AvgIpc) is 2.86. The highest BCUT2D eigenvalue weighted by molar-refractivity contribution is 5.85. The van der Waals surface area contributed by atoms with E-state index in [0.29, 0.717) is 38.6 Å². The van der Waals surface area contributed by atoms with Crippen LogP contribution in [0.5, 0.6) is 0 Å². The maximum Gasteiger partial charge on any atom is 0.326 e. The van der Waals surface area contributed by atoms with Crippen molar-refractivity contribution in [3.05, 3.63) is 35.9 Å². The summed E-state index contributed by atoms with van der Waals surface area (Å²) in [6, 6.07) is 7.32. The molecule has 38 heavy (non-hydrogen) atoms. The Kier molecular flexibility index (Phi) is 15.5. The van der Waals surface area contributed by atoms with E-state index in [9.17, 15) is 33.9 Å². The van der Waals surface area contributed by atoms with Gasteiger partial charge in [-0.2, -0.15) is 0 Å². The second kappa shape index (κ2) is 18.3. The number of nitrogens with one attached hydrogen (secondary N) is 3. The van der Waals surface area contributed by atoms with E-state index < -0.39 is 35.8 Å². The lowest BCUT2D eigenvalue weighted by Crippen LogP contribution is -2.41. The predicted octanol–water partition coefficient (Wildman–Crippen LogP) is 0.870. The number of primary amides is 1. The molecular weight excluding hydrogens is 496 g/mol. The van der Waals surface area contributed by atoms with Gasteiger partial charge >= 0.3 is 11.9 Å². The van der Waals surface area contributed by atoms with Crippen molar-refractivity contribution >= 4 is 35.6 Å². The van der Waals surface area contributed by atoms with Crippen molar-refractivity contribution in [2.24, 2.45) is 5.73 Å². The van der Waals surface area contributed by atoms with Crippen molar-refractivity contribution in [1.29, 1.82) is 0 Å². The molecule has 0 unspecified atom stereocenters. The standard InChI is InChI=1S/C26H38N4O8/c27-21(31)15-13-19(25(35)36)29-23(33)11-5-2-6-17-28-22(32)16-14-20(26(37)38)30-24(34)12-7-10-18-8-3-1-4-9-18/h1,3-4,8-9,19-20H,2,5-7,10-17H2,(H2,27,31)(H,28,32)(H,29,33)(H,30,34)(H,35,36)(H,37,38)/t19-,20-/m0/s1. The summed E-state index contributed by atoms with van der Waals surface area (Å²) in [6.07, 6.45) is 2.89. The van der Waals surface area contributed by atoms with Gasteiger partial charge in [0, 0.05) is 32.2 Å². The fraction of sp³-hybridized carbons (Fsp3) is 0.538. The van der Waals surface area contributed by atoms with Crippen LogP contribution in [0.1, 0.15) is 69.8 Å². The lowest BCUT2D eigenvalue weighted by molar-refractivity contribution is -0.142. The summed E-state index contributed by atoms with van der Waals surface area (Å²) in [6.45, 7) is 0.334. The molecule has 0 fully saturated rings. The number of aliphatic carboxylic acids is 2. The van der Waals surface area contributed by atoms with Crippen molar-refractivity contribution in [2.45, 2.75) is 82.7 Å². The summed E-state index contributed by atoms with van der Waals surface area (Å²) < 4.78 is 0. The zero-order valence-corrected chi connectivity index (χ0v) is 21.4. The number of carboxylic acid groups (broad SMARTS) is 2. The smallest absolute Gasteiger partial charge is 0.326 e. The lowest BCUT2D eigenvalue weighted by atomic mass is 10.1. The van der Waals surface area contributed by atoms with Gasteiger partial charge < -0.3 is 31.9 Å². The average molecular weight is 535 g/mol. The first-order chi connectivity index (χ1) is 18.1. The number of hydrogen-bond donors (Lipinski definition) is 6. The molecule has 12 heteroatoms. The van der Waals surface area contributed by atoms with Gasteiger partial charge in [-0.05, 0) is 44.1 Å². The van der Waals surface area contributed by atoms with Crippen LogP contribution in [0.4, 0.5) is 0 Å². The summed E-state index contributed by atoms with van der Waals surface area (Å²) in [5.74, 6) is -4.26. The molecule has 12 nitrogen and oxygen atoms in total. The number of unbranched alkanes of at least 4 members (excludes halogenated alkanes) is 2. The molecule has 0 spiro atoms. The highest BCUT2D eigenvalue weighted by Crippen LogP contribution is 2.06. The number of amides is 4. The zero-order chi connectivity index (χ0) is 28.3. The summed E-state index contributed by atoms with van der Waals surface area (Å²) in [5, 5.41) is 26.0. The molecule has 0 saturated heterocycles. The molecule has 7 N–H and O–H groups in total. The molecule has 0 aliphatic carbocycles. The third kappa shape index (κ3) is 15.2. The lowest BCUT2D eigenvalue weighted by Gasteiger charge is -2.14. The first-order valence-corrected chi connectivity index (χ1v) is 12.7. The maximum atomic E-state index is 12.1. The largest absolute Gasteiger partial charge is 0.480 e. The van der Waals surface area contributed by atoms with Crippen LogP contribution in [0.3, 0.4) is 0 Å². The fourth-order valence-electron chi connectivity index (χ4n) is 3.61. The van der Waals surface area contributed by atoms with Crippen LogP contribution in [0.2, 0.25) is 0 Å². The molecule has 2 atom stereocenters. The fourth-order valence-corrected chi connectivity index (χ4v) is 3.61. The minimum absolute atomic E-state index is 0.0355. The van der Waals surface area contributed by atoms with E-state index in [1.165, 1.54) is 0 Å². The molecule has 4 amide bonds. The Hall–Kier alpha value is -3.96. The van der Waals surface area contributed by atoms with E-state index in [1.807, 2.05) is 30.3 Å². The summed E-state index contributed by atoms with van der Waals surface area (Å²) >= 11 is 0. The van der Waals surface area contributed by atoms with Gasteiger partial charge in [0.25, 0.3) is 0 Å². The van der Waals surface area contributed by atoms with Crippen molar-refractivity contribution in [2.75, 3.05) is 6.54 Å². The van der Waals surface area contributed by atoms with E-state index in [2.05, 4.69) is 16.0 Å². The molecule has 0 aromatic heterocycles. The first-order valence-electron chi connectivity index (χ1n) is 12.7. The van der Waals surface area contributed by atoms with Crippen LogP contribution in [0.15, 0.2) is 30.3 Å². The van der Waals surface area contributed by atoms with Gasteiger partial charge in [0.2, 0.25) is 23.6 Å². The van der Waals surface area contributed by atoms with Crippen LogP contribution < -0.4 is 21.7 Å². The molecule has 0 heterocycles. The van der Waals surface area contributed by atoms with Crippen molar-refractivity contribution < 1.29 is 39.0 Å². The molecule has 1 aromatic carbocycles. The molecule has 210 valence electrons. The third-order valence-electron chi connectivity index (χ3n) is 5.72. The predicted molar refractivity (Wildman–Crippen MR) is 138 cm³/mol. The van der Waals surface area contributed by atoms with Gasteiger partial charge in [0.1, 0.15) is 12.1 Å². The second-order valence-electron chi connectivity index (χ2n) is 8.96. The number of carbonyl (C=O) groups excluding carboxylic acids is 4. The van der Waals surface area contributed by atoms with Gasteiger partial charge in [-0.1, -0.05) is 36.8 Å². The minimum Gasteiger partial charge on any atom is -0.480 e. The maximum absolute atomic E-state index is 12.1. The summed E-state index contributed by atoms with van der Waals surface area (Å²) in [7, 11) is 0. The number of hydrogen-bond acceptors (Lipinski definition) is 6. The number of aryl methyl sites for hydroxylation is 1. The summed E-state index contributed by atoms with van der Waals surface area (Å²) in [4.78, 5) is 69.5. The molecule has 0 radical (unpaired) electrons. The van der Waals surface area contributed by atoms with Crippen LogP contribution in [0.25, 0.3) is 0 Å². The van der Waals surface area contributed by atoms with Crippen LogP contribution >= 0.6 is 0 Å². The first kappa shape index (κ1) is 32.1. The third-order valence-corrected chi connectivity index (χ3v) is 5.72. The highest BCUT2D eigenvalue weighted by atomic mass is 16.4. The zero-order valence-electron chi connectivity index (χ0n) is 21.4. The Labute approximate surface area is 221 Å². The van der Waals surface area contributed by atoms with Crippen LogP contribution in [0, 0.1) is 0 Å². The van der Waals surface area contributed by atoms with Gasteiger partial charge in [-0.15, -0.1) is 0 Å². The molecule has 0 bridgehead atoms. The molecule has 1 rings (SSSR count). The normalized spacial score (nSPS) is 12.1. The van der Waals surface area contributed by atoms with Crippen molar-refractivity contribution in [3.8, 4) is 0 Å². The van der Waals surface area contributed by atoms with Crippen molar-refractivity contribution in [1.82, 2.24) is 16.0 Å². The number of carboxylic acids is 2. The van der Waals surface area contributed by atoms with Gasteiger partial charge in [-0.25, -0.2) is 9.59 Å². The number of benzene rings is 1. The Morgan fingerprint density at radius 1 is 0.684 bits per heavy atom. The number of nitrogens with two attached hydrogens (primary N) is 1. The molecular formula is C26H38N4O8. The van der Waals surface area contributed by atoms with E-state index in [0.717, 1.165) is 5.56 Å². The minimum atomic E-state index is -1.24. The van der Waals surface area contributed by atoms with E-state index in [4.69, 9.17) is 10.8 Å². The monoisotopic (exact) mass is 534 g/mol. The quantitative estimate of drug-likeness (QED) is 0.132. The molecule has 0 aliphatic rings. The molecule has 1 aromatic rings. The topological polar surface area (TPSA) is 205 Å². The Bertz CT molecular complexity index is 938. The van der Waals surface area contributed by atoms with E-state index >= 15 is 0 Å². The Balaban J connectivity index is 2.19. The molecule has 0 saturated carbocycles. The molecule has 0 aliphatic heterocycles. The van der Waals surface area contributed by atoms with E-state index in [-0.39, 0.29) is 50.3 Å². The summed E-state index contributed by atoms with van der Waals surface area (Å²) in [5.41, 5.74) is 6.10. The van der Waals surface area contributed by atoms with Gasteiger partial charge in [0.15, 0.2) is 0 Å². The SMILES string of the molecule is NC(=O)CC[C@H](NC(=O)CCCCCNC(=O)CC[C@H](NC(=O)CCCc1ccccc1)C(=O)O)C(=O)O. The Morgan fingerprint density at radius 3 is 1.79 bits per heavy atom. The second-order valence-corrected chi connectivity index (χ2v) is 8.96. The number of rotatable bonds is 20. The number of carbonyl (C=O) groups is 6. The Morgan fingerprint density at radius 2 is 1.24 bits per heavy atom.